The molecule has 8 heteroatoms. The average molecular weight is 551 g/mol. The van der Waals surface area contributed by atoms with E-state index in [1.807, 2.05) is 18.3 Å². The highest BCUT2D eigenvalue weighted by Crippen LogP contribution is 2.27. The number of hydrogen-bond donors (Lipinski definition) is 2. The Morgan fingerprint density at radius 2 is 1.91 bits per heavy atom. The summed E-state index contributed by atoms with van der Waals surface area (Å²) in [6, 6.07) is 12.4. The van der Waals surface area contributed by atoms with Crippen LogP contribution >= 0.6 is 24.0 Å². The van der Waals surface area contributed by atoms with E-state index in [9.17, 15) is 0 Å². The summed E-state index contributed by atoms with van der Waals surface area (Å²) < 4.78 is 11.8. The number of rotatable bonds is 6. The van der Waals surface area contributed by atoms with Crippen molar-refractivity contribution in [2.75, 3.05) is 31.1 Å². The molecule has 0 bridgehead atoms. The van der Waals surface area contributed by atoms with E-state index in [1.165, 1.54) is 5.56 Å². The fourth-order valence-electron chi connectivity index (χ4n) is 4.15. The Morgan fingerprint density at radius 1 is 1.12 bits per heavy atom. The quantitative estimate of drug-likeness (QED) is 0.326. The van der Waals surface area contributed by atoms with E-state index in [0.29, 0.717) is 13.1 Å². The molecule has 1 aromatic carbocycles. The third-order valence-corrected chi connectivity index (χ3v) is 5.53. The largest absolute Gasteiger partial charge is 0.488 e. The highest BCUT2D eigenvalue weighted by molar-refractivity contribution is 14.0. The highest BCUT2D eigenvalue weighted by Gasteiger charge is 2.23. The molecule has 2 N–H and O–H groups in total. The number of guanidine groups is 1. The number of para-hydroxylation sites is 1. The molecule has 7 nitrogen and oxygen atoms in total. The molecule has 0 radical (unpaired) electrons. The van der Waals surface area contributed by atoms with Crippen molar-refractivity contribution in [3.05, 3.63) is 53.7 Å². The lowest BCUT2D eigenvalue weighted by Crippen LogP contribution is -2.45. The van der Waals surface area contributed by atoms with Gasteiger partial charge in [0.25, 0.3) is 0 Å². The summed E-state index contributed by atoms with van der Waals surface area (Å²) in [4.78, 5) is 11.7. The van der Waals surface area contributed by atoms with Gasteiger partial charge in [0.05, 0.1) is 25.3 Å². The molecular formula is C24H34IN5O2. The van der Waals surface area contributed by atoms with Crippen molar-refractivity contribution < 1.29 is 9.47 Å². The number of aliphatic imine (C=N–C) groups is 1. The van der Waals surface area contributed by atoms with Gasteiger partial charge in [0, 0.05) is 32.3 Å². The van der Waals surface area contributed by atoms with Gasteiger partial charge in [0.15, 0.2) is 5.96 Å². The third-order valence-electron chi connectivity index (χ3n) is 5.53. The number of ether oxygens (including phenoxy) is 2. The van der Waals surface area contributed by atoms with Gasteiger partial charge < -0.3 is 25.0 Å². The predicted octanol–water partition coefficient (Wildman–Crippen LogP) is 3.37. The number of morpholine rings is 1. The molecular weight excluding hydrogens is 517 g/mol. The highest BCUT2D eigenvalue weighted by atomic mass is 127. The van der Waals surface area contributed by atoms with Crippen molar-refractivity contribution in [1.29, 1.82) is 0 Å². The van der Waals surface area contributed by atoms with Crippen LogP contribution in [0.1, 0.15) is 31.9 Å². The van der Waals surface area contributed by atoms with Gasteiger partial charge in [-0.1, -0.05) is 24.3 Å². The summed E-state index contributed by atoms with van der Waals surface area (Å²) in [7, 11) is 0. The van der Waals surface area contributed by atoms with Crippen molar-refractivity contribution in [3.8, 4) is 5.75 Å². The number of nitrogens with zero attached hydrogens (tertiary/aromatic N) is 3. The van der Waals surface area contributed by atoms with Crippen molar-refractivity contribution in [2.24, 2.45) is 4.99 Å². The molecule has 2 aliphatic rings. The molecule has 2 aromatic rings. The number of hydrogen-bond acceptors (Lipinski definition) is 5. The first-order chi connectivity index (χ1) is 15.1. The van der Waals surface area contributed by atoms with Crippen molar-refractivity contribution in [2.45, 2.75) is 52.0 Å². The molecule has 2 aliphatic heterocycles. The summed E-state index contributed by atoms with van der Waals surface area (Å²) in [5.74, 6) is 2.78. The Kier molecular flexibility index (Phi) is 8.98. The van der Waals surface area contributed by atoms with E-state index < -0.39 is 0 Å². The molecule has 0 spiro atoms. The molecule has 0 amide bonds. The van der Waals surface area contributed by atoms with Gasteiger partial charge >= 0.3 is 0 Å². The number of fused-ring (bicyclic) bond motifs is 1. The second-order valence-corrected chi connectivity index (χ2v) is 8.31. The van der Waals surface area contributed by atoms with Gasteiger partial charge in [-0.15, -0.1) is 24.0 Å². The lowest BCUT2D eigenvalue weighted by Gasteiger charge is -2.36. The number of anilines is 1. The maximum atomic E-state index is 6.02. The van der Waals surface area contributed by atoms with Gasteiger partial charge in [-0.2, -0.15) is 0 Å². The minimum Gasteiger partial charge on any atom is -0.488 e. The van der Waals surface area contributed by atoms with Gasteiger partial charge in [-0.05, 0) is 44.0 Å². The standard InChI is InChI=1S/C24H33N5O2.HI/c1-4-25-24(28-14-21-11-20-7-5-6-8-22(20)31-21)27-13-19-9-10-23(26-12-19)29-15-17(2)30-18(3)16-29;/h5-10,12,17-18,21H,4,11,13-16H2,1-3H3,(H2,25,27,28);1H. The van der Waals surface area contributed by atoms with Crippen LogP contribution in [0.2, 0.25) is 0 Å². The zero-order valence-electron chi connectivity index (χ0n) is 19.1. The molecule has 3 unspecified atom stereocenters. The Hall–Kier alpha value is -2.07. The van der Waals surface area contributed by atoms with Crippen LogP contribution < -0.4 is 20.3 Å². The monoisotopic (exact) mass is 551 g/mol. The third kappa shape index (κ3) is 6.48. The second kappa shape index (κ2) is 11.7. The zero-order valence-corrected chi connectivity index (χ0v) is 21.4. The molecule has 0 aliphatic carbocycles. The van der Waals surface area contributed by atoms with Gasteiger partial charge in [0.1, 0.15) is 17.7 Å². The van der Waals surface area contributed by atoms with Crippen LogP contribution in [0.25, 0.3) is 0 Å². The zero-order chi connectivity index (χ0) is 21.6. The van der Waals surface area contributed by atoms with Crippen LogP contribution in [-0.2, 0) is 17.7 Å². The first-order valence-corrected chi connectivity index (χ1v) is 11.2. The van der Waals surface area contributed by atoms with Crippen LogP contribution in [-0.4, -0.2) is 55.4 Å². The van der Waals surface area contributed by atoms with Gasteiger partial charge in [-0.25, -0.2) is 9.98 Å². The minimum absolute atomic E-state index is 0. The Balaban J connectivity index is 0.00000289. The molecule has 1 aromatic heterocycles. The Morgan fingerprint density at radius 3 is 2.59 bits per heavy atom. The summed E-state index contributed by atoms with van der Waals surface area (Å²) in [5.41, 5.74) is 2.35. The molecule has 3 heterocycles. The van der Waals surface area contributed by atoms with Crippen molar-refractivity contribution >= 4 is 35.8 Å². The Labute approximate surface area is 208 Å². The number of benzene rings is 1. The first kappa shape index (κ1) is 24.6. The van der Waals surface area contributed by atoms with Gasteiger partial charge in [0.2, 0.25) is 0 Å². The van der Waals surface area contributed by atoms with Crippen LogP contribution in [0.5, 0.6) is 5.75 Å². The minimum atomic E-state index is 0. The van der Waals surface area contributed by atoms with E-state index in [2.05, 4.69) is 65.6 Å². The van der Waals surface area contributed by atoms with E-state index in [1.54, 1.807) is 0 Å². The second-order valence-electron chi connectivity index (χ2n) is 8.31. The summed E-state index contributed by atoms with van der Waals surface area (Å²) in [5, 5.41) is 6.72. The normalized spacial score (nSPS) is 22.5. The molecule has 4 rings (SSSR count). The van der Waals surface area contributed by atoms with Gasteiger partial charge in [-0.3, -0.25) is 0 Å². The van der Waals surface area contributed by atoms with Crippen LogP contribution in [0, 0.1) is 0 Å². The summed E-state index contributed by atoms with van der Waals surface area (Å²) in [6.07, 6.45) is 3.41. The molecule has 0 saturated carbocycles. The van der Waals surface area contributed by atoms with Crippen LogP contribution in [0.3, 0.4) is 0 Å². The lowest BCUT2D eigenvalue weighted by atomic mass is 10.1. The summed E-state index contributed by atoms with van der Waals surface area (Å²) in [6.45, 7) is 10.1. The molecule has 1 saturated heterocycles. The summed E-state index contributed by atoms with van der Waals surface area (Å²) >= 11 is 0. The van der Waals surface area contributed by atoms with Crippen LogP contribution in [0.15, 0.2) is 47.6 Å². The van der Waals surface area contributed by atoms with Crippen molar-refractivity contribution in [1.82, 2.24) is 15.6 Å². The van der Waals surface area contributed by atoms with E-state index >= 15 is 0 Å². The smallest absolute Gasteiger partial charge is 0.191 e. The number of halogens is 1. The number of aromatic nitrogens is 1. The molecule has 174 valence electrons. The fourth-order valence-corrected chi connectivity index (χ4v) is 4.15. The van der Waals surface area contributed by atoms with E-state index in [-0.39, 0.29) is 42.3 Å². The molecule has 3 atom stereocenters. The number of pyridine rings is 1. The van der Waals surface area contributed by atoms with Crippen LogP contribution in [0.4, 0.5) is 5.82 Å². The first-order valence-electron chi connectivity index (χ1n) is 11.2. The SMILES string of the molecule is CCNC(=NCc1ccc(N2CC(C)OC(C)C2)nc1)NCC1Cc2ccccc2O1.I. The lowest BCUT2D eigenvalue weighted by molar-refractivity contribution is -0.00545. The Bertz CT molecular complexity index is 857. The topological polar surface area (TPSA) is 71.0 Å². The fraction of sp³-hybridized carbons (Fsp3) is 0.500. The maximum Gasteiger partial charge on any atom is 0.191 e. The molecule has 1 fully saturated rings. The van der Waals surface area contributed by atoms with Crippen molar-refractivity contribution in [3.63, 3.8) is 0 Å². The van der Waals surface area contributed by atoms with E-state index in [4.69, 9.17) is 14.5 Å². The van der Waals surface area contributed by atoms with E-state index in [0.717, 1.165) is 49.1 Å². The maximum absolute atomic E-state index is 6.02. The number of nitrogens with one attached hydrogen (secondary N) is 2. The predicted molar refractivity (Wildman–Crippen MR) is 139 cm³/mol. The average Bonchev–Trinajstić information content (AvgIpc) is 3.18. The molecule has 32 heavy (non-hydrogen) atoms.